The van der Waals surface area contributed by atoms with Crippen LogP contribution in [0.2, 0.25) is 0 Å². The molecule has 2 aromatic rings. The molecule has 0 bridgehead atoms. The van der Waals surface area contributed by atoms with Gasteiger partial charge in [-0.3, -0.25) is 4.98 Å². The molecule has 0 aliphatic heterocycles. The third-order valence-corrected chi connectivity index (χ3v) is 1.94. The molecule has 4 heteroatoms. The predicted octanol–water partition coefficient (Wildman–Crippen LogP) is 2.45. The fourth-order valence-corrected chi connectivity index (χ4v) is 1.25. The number of rotatable bonds is 2. The first-order valence-electron chi connectivity index (χ1n) is 4.74. The van der Waals surface area contributed by atoms with Crippen LogP contribution in [0.3, 0.4) is 0 Å². The van der Waals surface area contributed by atoms with Crippen LogP contribution < -0.4 is 4.74 Å². The first-order chi connectivity index (χ1) is 7.78. The van der Waals surface area contributed by atoms with Crippen LogP contribution in [0.5, 0.6) is 11.6 Å². The maximum Gasteiger partial charge on any atom is 0.239 e. The first-order valence-corrected chi connectivity index (χ1v) is 4.74. The molecule has 0 N–H and O–H groups in total. The van der Waals surface area contributed by atoms with Crippen molar-refractivity contribution in [1.29, 1.82) is 5.26 Å². The summed E-state index contributed by atoms with van der Waals surface area (Å²) in [5, 5.41) is 8.66. The van der Waals surface area contributed by atoms with E-state index in [1.54, 1.807) is 0 Å². The Morgan fingerprint density at radius 3 is 2.94 bits per heavy atom. The van der Waals surface area contributed by atoms with Crippen molar-refractivity contribution < 1.29 is 4.74 Å². The smallest absolute Gasteiger partial charge is 0.239 e. The Morgan fingerprint density at radius 2 is 2.19 bits per heavy atom. The summed E-state index contributed by atoms with van der Waals surface area (Å²) in [5.74, 6) is 1.01. The van der Waals surface area contributed by atoms with Gasteiger partial charge in [-0.05, 0) is 24.6 Å². The number of nitriles is 1. The molecule has 0 saturated heterocycles. The predicted molar refractivity (Wildman–Crippen MR) is 58.0 cm³/mol. The lowest BCUT2D eigenvalue weighted by molar-refractivity contribution is 0.459. The number of aryl methyl sites for hydroxylation is 1. The normalized spacial score (nSPS) is 9.50. The molecule has 4 nitrogen and oxygen atoms in total. The topological polar surface area (TPSA) is 58.8 Å². The molecule has 0 unspecified atom stereocenters. The van der Waals surface area contributed by atoms with Gasteiger partial charge in [-0.25, -0.2) is 0 Å². The van der Waals surface area contributed by atoms with Gasteiger partial charge in [0.2, 0.25) is 5.88 Å². The fourth-order valence-electron chi connectivity index (χ4n) is 1.25. The highest BCUT2D eigenvalue weighted by Crippen LogP contribution is 2.19. The summed E-state index contributed by atoms with van der Waals surface area (Å²) in [4.78, 5) is 7.83. The first kappa shape index (κ1) is 10.1. The summed E-state index contributed by atoms with van der Waals surface area (Å²) in [6.45, 7) is 1.98. The maximum atomic E-state index is 8.66. The standard InChI is InChI=1S/C12H9N3O/c1-9-3-2-4-11(5-9)16-12-8-14-7-10(6-13)15-12/h2-5,7-8H,1H3. The molecule has 0 atom stereocenters. The molecule has 0 radical (unpaired) electrons. The van der Waals surface area contributed by atoms with Gasteiger partial charge in [0.05, 0.1) is 12.4 Å². The van der Waals surface area contributed by atoms with E-state index in [4.69, 9.17) is 10.00 Å². The van der Waals surface area contributed by atoms with Crippen LogP contribution in [-0.4, -0.2) is 9.97 Å². The van der Waals surface area contributed by atoms with E-state index in [-0.39, 0.29) is 5.69 Å². The SMILES string of the molecule is Cc1cccc(Oc2cncc(C#N)n2)c1. The summed E-state index contributed by atoms with van der Waals surface area (Å²) >= 11 is 0. The summed E-state index contributed by atoms with van der Waals surface area (Å²) in [6, 6.07) is 9.50. The van der Waals surface area contributed by atoms with Gasteiger partial charge in [-0.1, -0.05) is 12.1 Å². The second kappa shape index (κ2) is 4.41. The van der Waals surface area contributed by atoms with Crippen molar-refractivity contribution in [2.75, 3.05) is 0 Å². The zero-order valence-electron chi connectivity index (χ0n) is 8.71. The van der Waals surface area contributed by atoms with Gasteiger partial charge in [0.15, 0.2) is 5.69 Å². The quantitative estimate of drug-likeness (QED) is 0.765. The van der Waals surface area contributed by atoms with Crippen molar-refractivity contribution in [2.45, 2.75) is 6.92 Å². The van der Waals surface area contributed by atoms with E-state index < -0.39 is 0 Å². The molecule has 0 amide bonds. The van der Waals surface area contributed by atoms with Crippen LogP contribution in [0.4, 0.5) is 0 Å². The highest BCUT2D eigenvalue weighted by molar-refractivity contribution is 5.31. The number of hydrogen-bond acceptors (Lipinski definition) is 4. The van der Waals surface area contributed by atoms with Crippen molar-refractivity contribution in [3.63, 3.8) is 0 Å². The number of benzene rings is 1. The zero-order chi connectivity index (χ0) is 11.4. The van der Waals surface area contributed by atoms with Gasteiger partial charge < -0.3 is 4.74 Å². The van der Waals surface area contributed by atoms with Crippen LogP contribution in [0.25, 0.3) is 0 Å². The number of nitrogens with zero attached hydrogens (tertiary/aromatic N) is 3. The number of ether oxygens (including phenoxy) is 1. The highest BCUT2D eigenvalue weighted by atomic mass is 16.5. The van der Waals surface area contributed by atoms with Crippen LogP contribution in [-0.2, 0) is 0 Å². The summed E-state index contributed by atoms with van der Waals surface area (Å²) in [7, 11) is 0. The van der Waals surface area contributed by atoms with Gasteiger partial charge >= 0.3 is 0 Å². The third-order valence-electron chi connectivity index (χ3n) is 1.94. The molecule has 0 saturated carbocycles. The monoisotopic (exact) mass is 211 g/mol. The molecular weight excluding hydrogens is 202 g/mol. The van der Waals surface area contributed by atoms with Crippen LogP contribution in [0.15, 0.2) is 36.7 Å². The van der Waals surface area contributed by atoms with Crippen LogP contribution in [0.1, 0.15) is 11.3 Å². The molecule has 0 fully saturated rings. The Balaban J connectivity index is 2.24. The summed E-state index contributed by atoms with van der Waals surface area (Å²) in [6.07, 6.45) is 2.87. The van der Waals surface area contributed by atoms with Crippen molar-refractivity contribution in [2.24, 2.45) is 0 Å². The molecule has 0 aliphatic rings. The van der Waals surface area contributed by atoms with E-state index >= 15 is 0 Å². The minimum absolute atomic E-state index is 0.241. The van der Waals surface area contributed by atoms with E-state index in [1.165, 1.54) is 12.4 Å². The molecule has 1 heterocycles. The molecule has 2 rings (SSSR count). The van der Waals surface area contributed by atoms with Crippen molar-refractivity contribution in [3.8, 4) is 17.7 Å². The Labute approximate surface area is 93.2 Å². The Kier molecular flexibility index (Phi) is 2.79. The largest absolute Gasteiger partial charge is 0.437 e. The lowest BCUT2D eigenvalue weighted by atomic mass is 10.2. The maximum absolute atomic E-state index is 8.66. The highest BCUT2D eigenvalue weighted by Gasteiger charge is 2.00. The molecule has 0 spiro atoms. The third kappa shape index (κ3) is 2.34. The lowest BCUT2D eigenvalue weighted by Crippen LogP contribution is -1.91. The molecule has 78 valence electrons. The average molecular weight is 211 g/mol. The van der Waals surface area contributed by atoms with Gasteiger partial charge in [0, 0.05) is 0 Å². The number of hydrogen-bond donors (Lipinski definition) is 0. The summed E-state index contributed by atoms with van der Waals surface area (Å²) in [5.41, 5.74) is 1.34. The molecule has 0 aliphatic carbocycles. The van der Waals surface area contributed by atoms with Crippen molar-refractivity contribution in [3.05, 3.63) is 47.9 Å². The van der Waals surface area contributed by atoms with Gasteiger partial charge in [-0.15, -0.1) is 0 Å². The fraction of sp³-hybridized carbons (Fsp3) is 0.0833. The van der Waals surface area contributed by atoms with Gasteiger partial charge in [-0.2, -0.15) is 10.2 Å². The van der Waals surface area contributed by atoms with E-state index in [1.807, 2.05) is 37.3 Å². The Hall–Kier alpha value is -2.41. The van der Waals surface area contributed by atoms with Gasteiger partial charge in [0.1, 0.15) is 11.8 Å². The van der Waals surface area contributed by atoms with Crippen LogP contribution in [0, 0.1) is 18.3 Å². The van der Waals surface area contributed by atoms with E-state index in [0.717, 1.165) is 5.56 Å². The second-order valence-corrected chi connectivity index (χ2v) is 3.27. The second-order valence-electron chi connectivity index (χ2n) is 3.27. The van der Waals surface area contributed by atoms with Crippen LogP contribution >= 0.6 is 0 Å². The Bertz CT molecular complexity index is 546. The molecule has 16 heavy (non-hydrogen) atoms. The minimum atomic E-state index is 0.241. The molecule has 1 aromatic carbocycles. The van der Waals surface area contributed by atoms with Crippen molar-refractivity contribution in [1.82, 2.24) is 9.97 Å². The van der Waals surface area contributed by atoms with Crippen molar-refractivity contribution >= 4 is 0 Å². The number of aromatic nitrogens is 2. The van der Waals surface area contributed by atoms with E-state index in [9.17, 15) is 0 Å². The molecule has 1 aromatic heterocycles. The average Bonchev–Trinajstić information content (AvgIpc) is 2.29. The summed E-state index contributed by atoms with van der Waals surface area (Å²) < 4.78 is 5.48. The zero-order valence-corrected chi connectivity index (χ0v) is 8.71. The van der Waals surface area contributed by atoms with Gasteiger partial charge in [0.25, 0.3) is 0 Å². The minimum Gasteiger partial charge on any atom is -0.437 e. The Morgan fingerprint density at radius 1 is 1.31 bits per heavy atom. The van der Waals surface area contributed by atoms with E-state index in [0.29, 0.717) is 11.6 Å². The molecular formula is C12H9N3O. The van der Waals surface area contributed by atoms with E-state index in [2.05, 4.69) is 9.97 Å². The lowest BCUT2D eigenvalue weighted by Gasteiger charge is -2.04.